The molecule has 3 rings (SSSR count). The molecule has 20 heavy (non-hydrogen) atoms. The van der Waals surface area contributed by atoms with E-state index in [2.05, 4.69) is 41.5 Å². The molecule has 0 bridgehead atoms. The molecule has 1 aromatic heterocycles. The normalized spacial score (nSPS) is 17.9. The molecule has 4 heteroatoms. The molecule has 0 amide bonds. The van der Waals surface area contributed by atoms with E-state index >= 15 is 0 Å². The second-order valence-electron chi connectivity index (χ2n) is 5.51. The Morgan fingerprint density at radius 2 is 1.90 bits per heavy atom. The van der Waals surface area contributed by atoms with Gasteiger partial charge in [-0.2, -0.15) is 0 Å². The van der Waals surface area contributed by atoms with Crippen LogP contribution in [0.5, 0.6) is 0 Å². The molecule has 1 aromatic carbocycles. The molecule has 1 saturated carbocycles. The molecule has 0 radical (unpaired) electrons. The van der Waals surface area contributed by atoms with E-state index in [4.69, 9.17) is 4.42 Å². The summed E-state index contributed by atoms with van der Waals surface area (Å²) >= 11 is 0. The van der Waals surface area contributed by atoms with Crippen LogP contribution in [0.2, 0.25) is 0 Å². The molecule has 0 spiro atoms. The van der Waals surface area contributed by atoms with E-state index in [1.165, 1.54) is 12.8 Å². The zero-order chi connectivity index (χ0) is 13.9. The van der Waals surface area contributed by atoms with Crippen LogP contribution in [0.1, 0.15) is 56.0 Å². The van der Waals surface area contributed by atoms with Crippen LogP contribution in [0.15, 0.2) is 34.7 Å². The fourth-order valence-corrected chi connectivity index (χ4v) is 2.54. The maximum Gasteiger partial charge on any atom is 0.237 e. The van der Waals surface area contributed by atoms with Crippen LogP contribution in [-0.4, -0.2) is 16.7 Å². The third-order valence-electron chi connectivity index (χ3n) is 3.96. The molecule has 1 aliphatic rings. The quantitative estimate of drug-likeness (QED) is 0.876. The van der Waals surface area contributed by atoms with Crippen molar-refractivity contribution in [3.8, 4) is 0 Å². The van der Waals surface area contributed by atoms with E-state index in [9.17, 15) is 0 Å². The third kappa shape index (κ3) is 2.75. The number of rotatable bonds is 6. The molecule has 2 atom stereocenters. The predicted molar refractivity (Wildman–Crippen MR) is 77.4 cm³/mol. The molecular weight excluding hydrogens is 250 g/mol. The largest absolute Gasteiger partial charge is 0.423 e. The summed E-state index contributed by atoms with van der Waals surface area (Å²) in [7, 11) is 0. The van der Waals surface area contributed by atoms with Crippen molar-refractivity contribution in [3.05, 3.63) is 47.7 Å². The maximum absolute atomic E-state index is 5.93. The van der Waals surface area contributed by atoms with Crippen LogP contribution in [0.4, 0.5) is 0 Å². The Bertz CT molecular complexity index is 548. The Hall–Kier alpha value is -1.68. The molecule has 0 saturated heterocycles. The average Bonchev–Trinajstić information content (AvgIpc) is 3.23. The highest BCUT2D eigenvalue weighted by molar-refractivity contribution is 5.23. The van der Waals surface area contributed by atoms with Gasteiger partial charge in [0, 0.05) is 5.92 Å². The lowest BCUT2D eigenvalue weighted by Crippen LogP contribution is -2.22. The number of benzene rings is 1. The molecule has 1 heterocycles. The van der Waals surface area contributed by atoms with Crippen molar-refractivity contribution < 1.29 is 4.42 Å². The molecule has 1 aliphatic carbocycles. The van der Waals surface area contributed by atoms with Gasteiger partial charge in [0.1, 0.15) is 6.04 Å². The highest BCUT2D eigenvalue weighted by Gasteiger charge is 2.33. The smallest absolute Gasteiger partial charge is 0.237 e. The second-order valence-corrected chi connectivity index (χ2v) is 5.51. The number of hydrogen-bond donors (Lipinski definition) is 1. The van der Waals surface area contributed by atoms with Gasteiger partial charge < -0.3 is 9.73 Å². The molecule has 1 N–H and O–H groups in total. The minimum Gasteiger partial charge on any atom is -0.423 e. The first-order chi connectivity index (χ1) is 9.79. The topological polar surface area (TPSA) is 51.0 Å². The molecule has 0 aliphatic heterocycles. The van der Waals surface area contributed by atoms with Crippen molar-refractivity contribution in [2.45, 2.75) is 38.6 Å². The van der Waals surface area contributed by atoms with E-state index in [0.29, 0.717) is 11.8 Å². The number of nitrogens with zero attached hydrogens (tertiary/aromatic N) is 2. The minimum absolute atomic E-state index is 0.0196. The van der Waals surface area contributed by atoms with Crippen LogP contribution in [0.25, 0.3) is 0 Å². The van der Waals surface area contributed by atoms with Gasteiger partial charge in [0.05, 0.1) is 0 Å². The van der Waals surface area contributed by atoms with Gasteiger partial charge >= 0.3 is 0 Å². The fourth-order valence-electron chi connectivity index (χ4n) is 2.54. The van der Waals surface area contributed by atoms with Crippen molar-refractivity contribution in [1.29, 1.82) is 0 Å². The maximum atomic E-state index is 5.93. The number of aromatic nitrogens is 2. The summed E-state index contributed by atoms with van der Waals surface area (Å²) in [6.07, 6.45) is 2.57. The van der Waals surface area contributed by atoms with Gasteiger partial charge in [0.15, 0.2) is 0 Å². The van der Waals surface area contributed by atoms with Crippen LogP contribution in [-0.2, 0) is 0 Å². The Morgan fingerprint density at radius 1 is 1.20 bits per heavy atom. The summed E-state index contributed by atoms with van der Waals surface area (Å²) in [6, 6.07) is 10.2. The molecular formula is C16H21N3O. The molecule has 4 nitrogen and oxygen atoms in total. The number of hydrogen-bond acceptors (Lipinski definition) is 4. The van der Waals surface area contributed by atoms with Crippen molar-refractivity contribution in [3.63, 3.8) is 0 Å². The van der Waals surface area contributed by atoms with Crippen molar-refractivity contribution >= 4 is 0 Å². The Kier molecular flexibility index (Phi) is 3.83. The molecule has 2 aromatic rings. The monoisotopic (exact) mass is 271 g/mol. The van der Waals surface area contributed by atoms with Crippen molar-refractivity contribution in [1.82, 2.24) is 15.5 Å². The first kappa shape index (κ1) is 13.3. The van der Waals surface area contributed by atoms with E-state index in [1.54, 1.807) is 0 Å². The predicted octanol–water partition coefficient (Wildman–Crippen LogP) is 3.28. The number of nitrogens with one attached hydrogen (secondary N) is 1. The van der Waals surface area contributed by atoms with Crippen molar-refractivity contribution in [2.24, 2.45) is 5.92 Å². The summed E-state index contributed by atoms with van der Waals surface area (Å²) in [6.45, 7) is 5.12. The van der Waals surface area contributed by atoms with E-state index < -0.39 is 0 Å². The fraction of sp³-hybridized carbons (Fsp3) is 0.500. The lowest BCUT2D eigenvalue weighted by molar-refractivity contribution is 0.381. The molecule has 1 fully saturated rings. The van der Waals surface area contributed by atoms with Gasteiger partial charge in [-0.15, -0.1) is 10.2 Å². The highest BCUT2D eigenvalue weighted by Crippen LogP contribution is 2.42. The first-order valence-electron chi connectivity index (χ1n) is 7.41. The van der Waals surface area contributed by atoms with Crippen LogP contribution < -0.4 is 5.32 Å². The lowest BCUT2D eigenvalue weighted by atomic mass is 10.1. The van der Waals surface area contributed by atoms with Gasteiger partial charge in [-0.05, 0) is 30.9 Å². The van der Waals surface area contributed by atoms with Gasteiger partial charge in [0.2, 0.25) is 11.8 Å². The highest BCUT2D eigenvalue weighted by atomic mass is 16.4. The van der Waals surface area contributed by atoms with Crippen LogP contribution in [0.3, 0.4) is 0 Å². The Balaban J connectivity index is 1.84. The molecule has 106 valence electrons. The van der Waals surface area contributed by atoms with Crippen LogP contribution >= 0.6 is 0 Å². The zero-order valence-electron chi connectivity index (χ0n) is 12.0. The standard InChI is InChI=1S/C16H21N3O/c1-3-17-14(13-7-5-4-6-8-13)16-19-18-15(20-16)11(2)12-9-10-12/h4-8,11-12,14,17H,3,9-10H2,1-2H3. The van der Waals surface area contributed by atoms with Gasteiger partial charge in [0.25, 0.3) is 0 Å². The summed E-state index contributed by atoms with van der Waals surface area (Å²) in [4.78, 5) is 0. The average molecular weight is 271 g/mol. The Labute approximate surface area is 119 Å². The summed E-state index contributed by atoms with van der Waals surface area (Å²) < 4.78 is 5.93. The van der Waals surface area contributed by atoms with E-state index in [0.717, 1.165) is 23.9 Å². The van der Waals surface area contributed by atoms with Crippen molar-refractivity contribution in [2.75, 3.05) is 6.54 Å². The first-order valence-corrected chi connectivity index (χ1v) is 7.41. The second kappa shape index (κ2) is 5.75. The summed E-state index contributed by atoms with van der Waals surface area (Å²) in [5.41, 5.74) is 1.16. The van der Waals surface area contributed by atoms with E-state index in [-0.39, 0.29) is 6.04 Å². The minimum atomic E-state index is -0.0196. The zero-order valence-corrected chi connectivity index (χ0v) is 12.0. The summed E-state index contributed by atoms with van der Waals surface area (Å²) in [5, 5.41) is 11.9. The summed E-state index contributed by atoms with van der Waals surface area (Å²) in [5.74, 6) is 2.56. The lowest BCUT2D eigenvalue weighted by Gasteiger charge is -2.14. The van der Waals surface area contributed by atoms with E-state index in [1.807, 2.05) is 18.2 Å². The van der Waals surface area contributed by atoms with Crippen LogP contribution in [0, 0.1) is 5.92 Å². The molecule has 2 unspecified atom stereocenters. The third-order valence-corrected chi connectivity index (χ3v) is 3.96. The van der Waals surface area contributed by atoms with Gasteiger partial charge in [-0.25, -0.2) is 0 Å². The SMILES string of the molecule is CCNC(c1ccccc1)c1nnc(C(C)C2CC2)o1. The Morgan fingerprint density at radius 3 is 2.55 bits per heavy atom. The van der Waals surface area contributed by atoms with Gasteiger partial charge in [-0.3, -0.25) is 0 Å². The van der Waals surface area contributed by atoms with Gasteiger partial charge in [-0.1, -0.05) is 44.2 Å².